The molecule has 110 valence electrons. The highest BCUT2D eigenvalue weighted by Gasteiger charge is 2.14. The largest absolute Gasteiger partial charge is 0.469 e. The van der Waals surface area contributed by atoms with Crippen LogP contribution in [0.2, 0.25) is 0 Å². The summed E-state index contributed by atoms with van der Waals surface area (Å²) in [7, 11) is 3.57. The van der Waals surface area contributed by atoms with Crippen LogP contribution in [0, 0.1) is 0 Å². The number of piperazine rings is 1. The molecule has 0 bridgehead atoms. The topological polar surface area (TPSA) is 44.8 Å². The zero-order valence-electron chi connectivity index (χ0n) is 12.3. The van der Waals surface area contributed by atoms with Crippen molar-refractivity contribution in [1.82, 2.24) is 15.3 Å². The van der Waals surface area contributed by atoms with Crippen LogP contribution in [0.25, 0.3) is 0 Å². The maximum atomic E-state index is 11.4. The van der Waals surface area contributed by atoms with E-state index < -0.39 is 0 Å². The first-order valence-electron chi connectivity index (χ1n) is 6.99. The van der Waals surface area contributed by atoms with Crippen molar-refractivity contribution in [3.63, 3.8) is 0 Å². The molecule has 0 saturated carbocycles. The molecule has 0 aliphatic carbocycles. The Hall–Kier alpha value is -1.43. The van der Waals surface area contributed by atoms with Gasteiger partial charge >= 0.3 is 5.97 Å². The Morgan fingerprint density at radius 3 is 2.50 bits per heavy atom. The van der Waals surface area contributed by atoms with Crippen molar-refractivity contribution in [3.8, 4) is 0 Å². The lowest BCUT2D eigenvalue weighted by Gasteiger charge is -2.32. The predicted octanol–water partition coefficient (Wildman–Crippen LogP) is 0.654. The summed E-state index contributed by atoms with van der Waals surface area (Å²) in [6.07, 6.45) is 0.330. The van der Waals surface area contributed by atoms with Crippen molar-refractivity contribution < 1.29 is 9.53 Å². The van der Waals surface area contributed by atoms with E-state index in [1.807, 2.05) is 18.2 Å². The fourth-order valence-corrected chi connectivity index (χ4v) is 2.29. The van der Waals surface area contributed by atoms with E-state index in [2.05, 4.69) is 28.4 Å². The molecule has 1 aromatic rings. The highest BCUT2D eigenvalue weighted by Crippen LogP contribution is 2.10. The number of nitrogens with one attached hydrogen (secondary N) is 1. The number of carbonyl (C=O) groups is 1. The van der Waals surface area contributed by atoms with Gasteiger partial charge in [0.2, 0.25) is 0 Å². The van der Waals surface area contributed by atoms with Crippen molar-refractivity contribution in [3.05, 3.63) is 35.4 Å². The summed E-state index contributed by atoms with van der Waals surface area (Å²) in [6.45, 7) is 4.95. The number of hydrazine groups is 1. The average molecular weight is 277 g/mol. The Bertz CT molecular complexity index is 442. The van der Waals surface area contributed by atoms with Crippen LogP contribution in [0.1, 0.15) is 11.1 Å². The van der Waals surface area contributed by atoms with E-state index in [-0.39, 0.29) is 5.97 Å². The fraction of sp³-hybridized carbons (Fsp3) is 0.533. The van der Waals surface area contributed by atoms with Gasteiger partial charge in [0.25, 0.3) is 0 Å². The Balaban J connectivity index is 1.90. The highest BCUT2D eigenvalue weighted by molar-refractivity contribution is 5.72. The Labute approximate surface area is 120 Å². The standard InChI is InChI=1S/C15H23N3O2/c1-17-7-9-18(10-8-17)16-12-14-6-4-3-5-13(14)11-15(19)20-2/h3-6,16H,7-12H2,1-2H3. The number of carbonyl (C=O) groups excluding carboxylic acids is 1. The quantitative estimate of drug-likeness (QED) is 0.801. The third-order valence-electron chi connectivity index (χ3n) is 3.68. The fourth-order valence-electron chi connectivity index (χ4n) is 2.29. The zero-order valence-corrected chi connectivity index (χ0v) is 12.3. The Morgan fingerprint density at radius 2 is 1.85 bits per heavy atom. The van der Waals surface area contributed by atoms with Gasteiger partial charge in [-0.25, -0.2) is 5.01 Å². The number of hydrogen-bond donors (Lipinski definition) is 1. The van der Waals surface area contributed by atoms with Crippen LogP contribution >= 0.6 is 0 Å². The van der Waals surface area contributed by atoms with Gasteiger partial charge in [0.15, 0.2) is 0 Å². The lowest BCUT2D eigenvalue weighted by molar-refractivity contribution is -0.139. The molecule has 2 rings (SSSR count). The van der Waals surface area contributed by atoms with Crippen LogP contribution < -0.4 is 5.43 Å². The SMILES string of the molecule is COC(=O)Cc1ccccc1CNN1CCN(C)CC1. The van der Waals surface area contributed by atoms with Crippen molar-refractivity contribution in [1.29, 1.82) is 0 Å². The minimum absolute atomic E-state index is 0.197. The highest BCUT2D eigenvalue weighted by atomic mass is 16.5. The van der Waals surface area contributed by atoms with Gasteiger partial charge in [-0.05, 0) is 18.2 Å². The number of hydrogen-bond acceptors (Lipinski definition) is 5. The van der Waals surface area contributed by atoms with E-state index in [1.54, 1.807) is 0 Å². The van der Waals surface area contributed by atoms with Crippen LogP contribution in [0.3, 0.4) is 0 Å². The minimum atomic E-state index is -0.197. The molecule has 0 radical (unpaired) electrons. The average Bonchev–Trinajstić information content (AvgIpc) is 2.48. The number of ether oxygens (including phenoxy) is 1. The maximum Gasteiger partial charge on any atom is 0.309 e. The van der Waals surface area contributed by atoms with Crippen molar-refractivity contribution >= 4 is 5.97 Å². The monoisotopic (exact) mass is 277 g/mol. The molecule has 1 aliphatic rings. The van der Waals surface area contributed by atoms with E-state index >= 15 is 0 Å². The Kier molecular flexibility index (Phi) is 5.52. The number of methoxy groups -OCH3 is 1. The lowest BCUT2D eigenvalue weighted by Crippen LogP contribution is -2.50. The van der Waals surface area contributed by atoms with Gasteiger partial charge in [-0.3, -0.25) is 10.2 Å². The summed E-state index contributed by atoms with van der Waals surface area (Å²) in [6, 6.07) is 8.00. The third-order valence-corrected chi connectivity index (χ3v) is 3.68. The lowest BCUT2D eigenvalue weighted by atomic mass is 10.0. The van der Waals surface area contributed by atoms with Crippen LogP contribution in [0.15, 0.2) is 24.3 Å². The van der Waals surface area contributed by atoms with Crippen LogP contribution in [0.4, 0.5) is 0 Å². The van der Waals surface area contributed by atoms with Crippen molar-refractivity contribution in [2.24, 2.45) is 0 Å². The van der Waals surface area contributed by atoms with Gasteiger partial charge in [-0.2, -0.15) is 0 Å². The summed E-state index contributed by atoms with van der Waals surface area (Å²) in [5.41, 5.74) is 5.62. The van der Waals surface area contributed by atoms with Gasteiger partial charge in [0.05, 0.1) is 13.5 Å². The second-order valence-electron chi connectivity index (χ2n) is 5.15. The molecule has 0 atom stereocenters. The molecule has 1 saturated heterocycles. The second-order valence-corrected chi connectivity index (χ2v) is 5.15. The molecular weight excluding hydrogens is 254 g/mol. The molecule has 1 N–H and O–H groups in total. The number of nitrogens with zero attached hydrogens (tertiary/aromatic N) is 2. The van der Waals surface area contributed by atoms with Gasteiger partial charge < -0.3 is 9.64 Å². The van der Waals surface area contributed by atoms with Gasteiger partial charge in [-0.1, -0.05) is 24.3 Å². The molecule has 1 heterocycles. The second kappa shape index (κ2) is 7.38. The molecule has 20 heavy (non-hydrogen) atoms. The third kappa shape index (κ3) is 4.30. The van der Waals surface area contributed by atoms with E-state index in [0.717, 1.165) is 43.9 Å². The maximum absolute atomic E-state index is 11.4. The van der Waals surface area contributed by atoms with Gasteiger partial charge in [-0.15, -0.1) is 0 Å². The van der Waals surface area contributed by atoms with Crippen LogP contribution in [-0.4, -0.2) is 56.2 Å². The molecule has 1 aromatic carbocycles. The molecule has 0 unspecified atom stereocenters. The first-order chi connectivity index (χ1) is 9.69. The van der Waals surface area contributed by atoms with Crippen molar-refractivity contribution in [2.45, 2.75) is 13.0 Å². The van der Waals surface area contributed by atoms with E-state index in [4.69, 9.17) is 4.74 Å². The molecule has 5 heteroatoms. The molecule has 5 nitrogen and oxygen atoms in total. The van der Waals surface area contributed by atoms with Crippen LogP contribution in [-0.2, 0) is 22.5 Å². The number of esters is 1. The summed E-state index contributed by atoms with van der Waals surface area (Å²) in [4.78, 5) is 13.7. The molecule has 0 amide bonds. The van der Waals surface area contributed by atoms with Gasteiger partial charge in [0, 0.05) is 32.7 Å². The van der Waals surface area contributed by atoms with E-state index in [9.17, 15) is 4.79 Å². The molecular formula is C15H23N3O2. The first kappa shape index (κ1) is 15.0. The van der Waals surface area contributed by atoms with Crippen LogP contribution in [0.5, 0.6) is 0 Å². The normalized spacial score (nSPS) is 17.1. The minimum Gasteiger partial charge on any atom is -0.469 e. The summed E-state index contributed by atoms with van der Waals surface area (Å²) < 4.78 is 4.74. The Morgan fingerprint density at radius 1 is 1.20 bits per heavy atom. The number of rotatable bonds is 5. The molecule has 0 spiro atoms. The number of benzene rings is 1. The van der Waals surface area contributed by atoms with Crippen molar-refractivity contribution in [2.75, 3.05) is 40.3 Å². The predicted molar refractivity (Wildman–Crippen MR) is 78.1 cm³/mol. The van der Waals surface area contributed by atoms with Gasteiger partial charge in [0.1, 0.15) is 0 Å². The molecule has 1 fully saturated rings. The summed E-state index contributed by atoms with van der Waals surface area (Å²) >= 11 is 0. The molecule has 0 aromatic heterocycles. The number of likely N-dealkylation sites (N-methyl/N-ethyl adjacent to an activating group) is 1. The smallest absolute Gasteiger partial charge is 0.309 e. The zero-order chi connectivity index (χ0) is 14.4. The molecule has 1 aliphatic heterocycles. The van der Waals surface area contributed by atoms with E-state index in [0.29, 0.717) is 6.42 Å². The summed E-state index contributed by atoms with van der Waals surface area (Å²) in [5.74, 6) is -0.197. The first-order valence-corrected chi connectivity index (χ1v) is 6.99. The summed E-state index contributed by atoms with van der Waals surface area (Å²) in [5, 5.41) is 2.24. The van der Waals surface area contributed by atoms with E-state index in [1.165, 1.54) is 7.11 Å².